The Morgan fingerprint density at radius 2 is 2.13 bits per heavy atom. The number of alkyl halides is 1. The lowest BCUT2D eigenvalue weighted by molar-refractivity contribution is 0.0507. The topological polar surface area (TPSA) is 64.8 Å². The zero-order valence-corrected chi connectivity index (χ0v) is 12.3. The Bertz CT molecular complexity index is 679. The molecule has 0 N–H and O–H groups in total. The van der Waals surface area contributed by atoms with Gasteiger partial charge in [0.05, 0.1) is 13.3 Å². The number of halogens is 3. The number of carbonyl (C=O) groups is 1. The summed E-state index contributed by atoms with van der Waals surface area (Å²) < 4.78 is 55.9. The number of hydrogen-bond donors (Lipinski definition) is 0. The van der Waals surface area contributed by atoms with Gasteiger partial charge in [-0.25, -0.2) is 18.6 Å². The molecule has 1 heterocycles. The predicted molar refractivity (Wildman–Crippen MR) is 71.2 cm³/mol. The van der Waals surface area contributed by atoms with Crippen molar-refractivity contribution < 1.29 is 31.9 Å². The van der Waals surface area contributed by atoms with Gasteiger partial charge >= 0.3 is 6.09 Å². The lowest BCUT2D eigenvalue weighted by Crippen LogP contribution is -2.30. The highest BCUT2D eigenvalue weighted by Crippen LogP contribution is 2.30. The molecule has 2 aromatic rings. The van der Waals surface area contributed by atoms with Crippen LogP contribution in [0.1, 0.15) is 17.7 Å². The third-order valence-corrected chi connectivity index (χ3v) is 2.98. The quantitative estimate of drug-likeness (QED) is 0.788. The molecule has 6 nitrogen and oxygen atoms in total. The van der Waals surface area contributed by atoms with Gasteiger partial charge in [0.2, 0.25) is 18.0 Å². The Hall–Kier alpha value is -2.71. The van der Waals surface area contributed by atoms with Crippen LogP contribution in [-0.2, 0) is 11.3 Å². The molecule has 1 aromatic carbocycles. The van der Waals surface area contributed by atoms with E-state index in [0.29, 0.717) is 4.90 Å². The van der Waals surface area contributed by atoms with Crippen molar-refractivity contribution in [2.75, 3.05) is 14.2 Å². The zero-order valence-electron chi connectivity index (χ0n) is 12.3. The van der Waals surface area contributed by atoms with Gasteiger partial charge in [-0.05, 0) is 12.1 Å². The summed E-state index contributed by atoms with van der Waals surface area (Å²) in [6.45, 7) is -0.317. The summed E-state index contributed by atoms with van der Waals surface area (Å²) in [6, 6.07) is 2.05. The minimum Gasteiger partial charge on any atom is -0.494 e. The lowest BCUT2D eigenvalue weighted by atomic mass is 10.1. The molecule has 1 atom stereocenters. The first-order valence-corrected chi connectivity index (χ1v) is 6.39. The lowest BCUT2D eigenvalue weighted by Gasteiger charge is -2.21. The van der Waals surface area contributed by atoms with E-state index < -0.39 is 29.6 Å². The summed E-state index contributed by atoms with van der Waals surface area (Å²) in [6.07, 6.45) is -0.709. The molecular formula is C14H13F3N2O4. The van der Waals surface area contributed by atoms with Gasteiger partial charge < -0.3 is 13.9 Å². The Kier molecular flexibility index (Phi) is 5.09. The van der Waals surface area contributed by atoms with E-state index in [1.54, 1.807) is 0 Å². The van der Waals surface area contributed by atoms with Crippen LogP contribution in [0.4, 0.5) is 18.0 Å². The van der Waals surface area contributed by atoms with Gasteiger partial charge in [0.1, 0.15) is 6.26 Å². The Morgan fingerprint density at radius 1 is 1.39 bits per heavy atom. The zero-order chi connectivity index (χ0) is 17.0. The van der Waals surface area contributed by atoms with Crippen LogP contribution in [0.5, 0.6) is 5.75 Å². The third-order valence-electron chi connectivity index (χ3n) is 2.98. The molecule has 1 amide bonds. The van der Waals surface area contributed by atoms with E-state index in [2.05, 4.69) is 9.72 Å². The molecule has 0 radical (unpaired) electrons. The number of carbonyl (C=O) groups excluding carboxylic acids is 1. The molecule has 0 spiro atoms. The second kappa shape index (κ2) is 7.03. The highest BCUT2D eigenvalue weighted by Gasteiger charge is 2.28. The number of nitrogens with zero attached hydrogens (tertiary/aromatic N) is 2. The van der Waals surface area contributed by atoms with Gasteiger partial charge in [-0.1, -0.05) is 0 Å². The number of aromatic nitrogens is 1. The van der Waals surface area contributed by atoms with E-state index in [9.17, 15) is 18.0 Å². The van der Waals surface area contributed by atoms with Crippen molar-refractivity contribution in [3.05, 3.63) is 47.7 Å². The van der Waals surface area contributed by atoms with E-state index >= 15 is 0 Å². The highest BCUT2D eigenvalue weighted by molar-refractivity contribution is 5.67. The van der Waals surface area contributed by atoms with Gasteiger partial charge in [0, 0.05) is 12.6 Å². The predicted octanol–water partition coefficient (Wildman–Crippen LogP) is 3.20. The first-order chi connectivity index (χ1) is 11.0. The van der Waals surface area contributed by atoms with E-state index in [4.69, 9.17) is 9.15 Å². The fourth-order valence-corrected chi connectivity index (χ4v) is 1.74. The molecule has 0 saturated carbocycles. The maximum Gasteiger partial charge on any atom is 0.412 e. The number of rotatable bonds is 5. The average Bonchev–Trinajstić information content (AvgIpc) is 3.07. The van der Waals surface area contributed by atoms with Crippen molar-refractivity contribution in [3.8, 4) is 5.75 Å². The maximum absolute atomic E-state index is 14.3. The number of benzene rings is 1. The first kappa shape index (κ1) is 16.7. The van der Waals surface area contributed by atoms with Crippen LogP contribution in [0.25, 0.3) is 0 Å². The molecule has 0 aliphatic heterocycles. The molecule has 23 heavy (non-hydrogen) atoms. The van der Waals surface area contributed by atoms with Gasteiger partial charge in [-0.15, -0.1) is 0 Å². The second-order valence-electron chi connectivity index (χ2n) is 4.41. The standard InChI is InChI=1S/C14H13F3N2O4/c1-19(14(20)23-7-10-18-5-6-22-10)13(17)8-3-4-9(21-2)12(16)11(8)15/h3-6,13H,7H2,1-2H3. The Morgan fingerprint density at radius 3 is 2.74 bits per heavy atom. The molecule has 0 aliphatic rings. The van der Waals surface area contributed by atoms with Crippen LogP contribution < -0.4 is 4.74 Å². The SMILES string of the molecule is COc1ccc(C(F)N(C)C(=O)OCc2ncco2)c(F)c1F. The van der Waals surface area contributed by atoms with Crippen molar-refractivity contribution in [2.45, 2.75) is 12.9 Å². The fraction of sp³-hybridized carbons (Fsp3) is 0.286. The first-order valence-electron chi connectivity index (χ1n) is 6.39. The molecule has 0 fully saturated rings. The van der Waals surface area contributed by atoms with Crippen LogP contribution in [0.15, 0.2) is 29.0 Å². The molecule has 0 aliphatic carbocycles. The smallest absolute Gasteiger partial charge is 0.412 e. The fourth-order valence-electron chi connectivity index (χ4n) is 1.74. The second-order valence-corrected chi connectivity index (χ2v) is 4.41. The van der Waals surface area contributed by atoms with Crippen molar-refractivity contribution in [3.63, 3.8) is 0 Å². The Balaban J connectivity index is 2.08. The van der Waals surface area contributed by atoms with Crippen LogP contribution in [0.3, 0.4) is 0 Å². The van der Waals surface area contributed by atoms with E-state index in [0.717, 1.165) is 26.3 Å². The van der Waals surface area contributed by atoms with Crippen molar-refractivity contribution in [1.82, 2.24) is 9.88 Å². The van der Waals surface area contributed by atoms with Gasteiger partial charge in [-0.3, -0.25) is 4.90 Å². The summed E-state index contributed by atoms with van der Waals surface area (Å²) in [5.41, 5.74) is -0.654. The molecule has 0 bridgehead atoms. The molecule has 0 saturated heterocycles. The molecule has 2 rings (SSSR count). The van der Waals surface area contributed by atoms with Crippen LogP contribution in [-0.4, -0.2) is 30.1 Å². The summed E-state index contributed by atoms with van der Waals surface area (Å²) in [7, 11) is 2.20. The average molecular weight is 330 g/mol. The minimum absolute atomic E-state index is 0.115. The number of ether oxygens (including phenoxy) is 2. The highest BCUT2D eigenvalue weighted by atomic mass is 19.2. The van der Waals surface area contributed by atoms with Crippen molar-refractivity contribution >= 4 is 6.09 Å². The largest absolute Gasteiger partial charge is 0.494 e. The number of oxazole rings is 1. The van der Waals surface area contributed by atoms with Crippen LogP contribution >= 0.6 is 0 Å². The third kappa shape index (κ3) is 3.55. The van der Waals surface area contributed by atoms with Gasteiger partial charge in [0.15, 0.2) is 18.2 Å². The summed E-state index contributed by atoms with van der Waals surface area (Å²) >= 11 is 0. The summed E-state index contributed by atoms with van der Waals surface area (Å²) in [5, 5.41) is 0. The molecule has 1 unspecified atom stereocenters. The van der Waals surface area contributed by atoms with E-state index in [-0.39, 0.29) is 18.2 Å². The monoisotopic (exact) mass is 330 g/mol. The van der Waals surface area contributed by atoms with Gasteiger partial charge in [0.25, 0.3) is 0 Å². The molecular weight excluding hydrogens is 317 g/mol. The van der Waals surface area contributed by atoms with Crippen molar-refractivity contribution in [2.24, 2.45) is 0 Å². The minimum atomic E-state index is -2.24. The maximum atomic E-state index is 14.3. The van der Waals surface area contributed by atoms with E-state index in [1.165, 1.54) is 12.5 Å². The Labute approximate surface area is 129 Å². The summed E-state index contributed by atoms with van der Waals surface area (Å²) in [5.74, 6) is -3.03. The summed E-state index contributed by atoms with van der Waals surface area (Å²) in [4.78, 5) is 15.9. The van der Waals surface area contributed by atoms with Crippen LogP contribution in [0.2, 0.25) is 0 Å². The number of amides is 1. The molecule has 1 aromatic heterocycles. The van der Waals surface area contributed by atoms with Gasteiger partial charge in [-0.2, -0.15) is 4.39 Å². The molecule has 124 valence electrons. The number of hydrogen-bond acceptors (Lipinski definition) is 5. The van der Waals surface area contributed by atoms with Crippen LogP contribution in [0, 0.1) is 11.6 Å². The van der Waals surface area contributed by atoms with E-state index in [1.807, 2.05) is 0 Å². The van der Waals surface area contributed by atoms with Crippen molar-refractivity contribution in [1.29, 1.82) is 0 Å². The molecule has 9 heteroatoms. The number of methoxy groups -OCH3 is 1. The normalized spacial score (nSPS) is 11.9.